The van der Waals surface area contributed by atoms with Gasteiger partial charge in [0.1, 0.15) is 11.0 Å². The summed E-state index contributed by atoms with van der Waals surface area (Å²) in [7, 11) is 0. The van der Waals surface area contributed by atoms with Crippen molar-refractivity contribution in [2.45, 2.75) is 20.3 Å². The summed E-state index contributed by atoms with van der Waals surface area (Å²) in [6.07, 6.45) is 0.639. The summed E-state index contributed by atoms with van der Waals surface area (Å²) in [5.41, 5.74) is 4.04. The highest BCUT2D eigenvalue weighted by Gasteiger charge is 2.17. The number of halogens is 1. The Morgan fingerprint density at radius 3 is 2.75 bits per heavy atom. The first-order valence-corrected chi connectivity index (χ1v) is 8.47. The number of hydrogen-bond acceptors (Lipinski definition) is 4. The third-order valence-corrected chi connectivity index (χ3v) is 4.35. The van der Waals surface area contributed by atoms with Crippen molar-refractivity contribution < 1.29 is 9.63 Å². The van der Waals surface area contributed by atoms with Crippen LogP contribution >= 0.6 is 22.6 Å². The Kier molecular flexibility index (Phi) is 4.61. The molecule has 0 saturated carbocycles. The Bertz CT molecular complexity index is 949. The van der Waals surface area contributed by atoms with Gasteiger partial charge in [-0.2, -0.15) is 0 Å². The van der Waals surface area contributed by atoms with Gasteiger partial charge in [0.25, 0.3) is 0 Å². The zero-order valence-electron chi connectivity index (χ0n) is 13.2. The molecule has 0 bridgehead atoms. The van der Waals surface area contributed by atoms with Crippen molar-refractivity contribution >= 4 is 43.3 Å². The predicted molar refractivity (Wildman–Crippen MR) is 100 cm³/mol. The van der Waals surface area contributed by atoms with Crippen molar-refractivity contribution in [2.75, 3.05) is 0 Å². The summed E-state index contributed by atoms with van der Waals surface area (Å²) in [4.78, 5) is 19.1. The fourth-order valence-corrected chi connectivity index (χ4v) is 3.08. The van der Waals surface area contributed by atoms with Gasteiger partial charge in [0, 0.05) is 0 Å². The molecule has 7 heteroatoms. The Morgan fingerprint density at radius 2 is 2.04 bits per heavy atom. The molecule has 0 aliphatic carbocycles. The van der Waals surface area contributed by atoms with Gasteiger partial charge >= 0.3 is 5.97 Å². The largest absolute Gasteiger partial charge is 0.798 e. The fraction of sp³-hybridized carbons (Fsp3) is 0.176. The van der Waals surface area contributed by atoms with E-state index >= 15 is 0 Å². The number of carbonyl (C=O) groups is 1. The number of hydrogen-bond donors (Lipinski definition) is 0. The van der Waals surface area contributed by atoms with Crippen LogP contribution in [0.15, 0.2) is 36.4 Å². The molecule has 1 aromatic heterocycles. The summed E-state index contributed by atoms with van der Waals surface area (Å²) in [5.74, 6) is -0.509. The van der Waals surface area contributed by atoms with Gasteiger partial charge in [-0.25, -0.2) is 4.79 Å². The molecule has 0 unspecified atom stereocenters. The number of fused-ring (bicyclic) bond motifs is 1. The highest BCUT2D eigenvalue weighted by atomic mass is 127. The monoisotopic (exact) mass is 433 g/mol. The molecule has 0 N–H and O–H groups in total. The minimum absolute atomic E-state index is 0.196. The van der Waals surface area contributed by atoms with Gasteiger partial charge < -0.3 is 10.2 Å². The van der Waals surface area contributed by atoms with E-state index in [2.05, 4.69) is 10.3 Å². The van der Waals surface area contributed by atoms with Crippen molar-refractivity contribution in [3.8, 4) is 0 Å². The molecule has 122 valence electrons. The molecular weight excluding hydrogens is 419 g/mol. The quantitative estimate of drug-likeness (QED) is 0.359. The minimum atomic E-state index is -0.509. The number of carbonyl (C=O) groups excluding carboxylic acids is 1. The van der Waals surface area contributed by atoms with Gasteiger partial charge in [-0.15, -0.1) is 8.82 Å². The molecule has 0 aliphatic rings. The minimum Gasteiger partial charge on any atom is -0.798 e. The zero-order chi connectivity index (χ0) is 17.3. The second-order valence-corrected chi connectivity index (χ2v) is 6.32. The average molecular weight is 433 g/mol. The van der Waals surface area contributed by atoms with Gasteiger partial charge in [0.15, 0.2) is 0 Å². The van der Waals surface area contributed by atoms with Crippen LogP contribution in [0.2, 0.25) is 0 Å². The maximum absolute atomic E-state index is 12.6. The highest BCUT2D eigenvalue weighted by molar-refractivity contribution is 14.1. The van der Waals surface area contributed by atoms with Gasteiger partial charge in [-0.05, 0) is 53.4 Å². The van der Waals surface area contributed by atoms with E-state index < -0.39 is 5.97 Å². The first-order chi connectivity index (χ1) is 11.5. The molecule has 0 fully saturated rings. The van der Waals surface area contributed by atoms with Crippen LogP contribution in [0.1, 0.15) is 34.0 Å². The number of nitrogens with zero attached hydrogens (tertiary/aromatic N) is 4. The molecule has 2 aromatic carbocycles. The highest BCUT2D eigenvalue weighted by Crippen LogP contribution is 2.21. The van der Waals surface area contributed by atoms with E-state index in [0.717, 1.165) is 21.5 Å². The van der Waals surface area contributed by atoms with E-state index in [4.69, 9.17) is 4.84 Å². The number of aromatic nitrogens is 3. The van der Waals surface area contributed by atoms with E-state index in [-0.39, 0.29) is 3.72 Å². The van der Waals surface area contributed by atoms with Crippen LogP contribution in [0.3, 0.4) is 0 Å². The number of benzene rings is 2. The lowest BCUT2D eigenvalue weighted by Crippen LogP contribution is -2.22. The Balaban J connectivity index is 1.98. The lowest BCUT2D eigenvalue weighted by Gasteiger charge is -2.14. The normalized spacial score (nSPS) is 10.8. The SMILES string of the molecule is CCc1cc(C(=[N-])I)c(C)cc1C(=O)On1nnc2ccccc21. The van der Waals surface area contributed by atoms with Crippen molar-refractivity contribution in [1.82, 2.24) is 15.2 Å². The van der Waals surface area contributed by atoms with E-state index in [0.29, 0.717) is 23.0 Å². The maximum Gasteiger partial charge on any atom is 0.366 e. The third-order valence-electron chi connectivity index (χ3n) is 3.76. The van der Waals surface area contributed by atoms with E-state index in [1.165, 1.54) is 0 Å². The molecule has 3 rings (SSSR count). The van der Waals surface area contributed by atoms with Crippen LogP contribution in [0.5, 0.6) is 0 Å². The van der Waals surface area contributed by atoms with Gasteiger partial charge in [-0.1, -0.05) is 52.6 Å². The topological polar surface area (TPSA) is 79.3 Å². The molecule has 24 heavy (non-hydrogen) atoms. The first-order valence-electron chi connectivity index (χ1n) is 7.39. The molecule has 0 amide bonds. The second-order valence-electron chi connectivity index (χ2n) is 5.30. The van der Waals surface area contributed by atoms with Crippen LogP contribution in [0.25, 0.3) is 16.4 Å². The van der Waals surface area contributed by atoms with Crippen molar-refractivity contribution in [1.29, 1.82) is 0 Å². The number of aryl methyl sites for hydroxylation is 2. The fourth-order valence-electron chi connectivity index (χ4n) is 2.50. The molecule has 0 atom stereocenters. The second kappa shape index (κ2) is 6.68. The predicted octanol–water partition coefficient (Wildman–Crippen LogP) is 3.32. The number of para-hydroxylation sites is 1. The van der Waals surface area contributed by atoms with Crippen LogP contribution < -0.4 is 4.84 Å². The third kappa shape index (κ3) is 3.03. The van der Waals surface area contributed by atoms with E-state index in [9.17, 15) is 10.2 Å². The van der Waals surface area contributed by atoms with Crippen LogP contribution in [-0.2, 0) is 6.42 Å². The standard InChI is InChI=1S/C17H14IN4O2/c1-3-11-9-12(16(18)19)10(2)8-13(11)17(23)24-22-15-7-5-4-6-14(15)20-21-22/h4-9H,3H2,1-2H3/q-1. The van der Waals surface area contributed by atoms with Gasteiger partial charge in [0.2, 0.25) is 0 Å². The van der Waals surface area contributed by atoms with Gasteiger partial charge in [0.05, 0.1) is 5.56 Å². The van der Waals surface area contributed by atoms with E-state index in [1.807, 2.05) is 54.6 Å². The van der Waals surface area contributed by atoms with Crippen LogP contribution in [0, 0.1) is 6.92 Å². The first kappa shape index (κ1) is 16.6. The average Bonchev–Trinajstić information content (AvgIpc) is 2.97. The lowest BCUT2D eigenvalue weighted by molar-refractivity contribution is 0.0407. The molecule has 0 saturated heterocycles. The molecule has 0 radical (unpaired) electrons. The van der Waals surface area contributed by atoms with Crippen molar-refractivity contribution in [3.63, 3.8) is 0 Å². The summed E-state index contributed by atoms with van der Waals surface area (Å²) in [6.45, 7) is 3.78. The molecule has 0 spiro atoms. The van der Waals surface area contributed by atoms with Gasteiger partial charge in [-0.3, -0.25) is 0 Å². The smallest absolute Gasteiger partial charge is 0.366 e. The summed E-state index contributed by atoms with van der Waals surface area (Å²) in [5, 5.41) is 17.6. The van der Waals surface area contributed by atoms with Crippen molar-refractivity contribution in [3.05, 3.63) is 64.1 Å². The molecule has 0 aliphatic heterocycles. The van der Waals surface area contributed by atoms with E-state index in [1.54, 1.807) is 18.2 Å². The molecule has 1 heterocycles. The number of rotatable bonds is 4. The Labute approximate surface area is 152 Å². The van der Waals surface area contributed by atoms with Crippen LogP contribution in [-0.4, -0.2) is 24.8 Å². The molecule has 6 nitrogen and oxygen atoms in total. The molecular formula is C17H14IN4O2-. The lowest BCUT2D eigenvalue weighted by atomic mass is 9.98. The van der Waals surface area contributed by atoms with Crippen molar-refractivity contribution in [2.24, 2.45) is 0 Å². The van der Waals surface area contributed by atoms with Crippen LogP contribution in [0.4, 0.5) is 0 Å². The Hall–Kier alpha value is -2.29. The summed E-state index contributed by atoms with van der Waals surface area (Å²) in [6, 6.07) is 10.8. The summed E-state index contributed by atoms with van der Waals surface area (Å²) >= 11 is 1.86. The summed E-state index contributed by atoms with van der Waals surface area (Å²) < 4.78 is 0.196. The zero-order valence-corrected chi connectivity index (χ0v) is 15.3. The maximum atomic E-state index is 12.6. The molecule has 3 aromatic rings. The Morgan fingerprint density at radius 1 is 1.29 bits per heavy atom.